The topological polar surface area (TPSA) is 55.2 Å². The molecule has 0 saturated carbocycles. The summed E-state index contributed by atoms with van der Waals surface area (Å²) in [6.45, 7) is 6.55. The van der Waals surface area contributed by atoms with Crippen LogP contribution in [0.3, 0.4) is 0 Å². The minimum atomic E-state index is -0.350. The molecule has 0 atom stereocenters. The molecule has 4 nitrogen and oxygen atoms in total. The lowest BCUT2D eigenvalue weighted by Gasteiger charge is -2.11. The normalized spacial score (nSPS) is 10.3. The zero-order chi connectivity index (χ0) is 14.7. The van der Waals surface area contributed by atoms with E-state index in [1.807, 2.05) is 6.07 Å². The number of hydrogen-bond donors (Lipinski definition) is 1. The van der Waals surface area contributed by atoms with Crippen molar-refractivity contribution in [3.8, 4) is 0 Å². The minimum Gasteiger partial charge on any atom is -0.381 e. The van der Waals surface area contributed by atoms with Crippen molar-refractivity contribution in [1.82, 2.24) is 0 Å². The Morgan fingerprint density at radius 2 is 1.75 bits per heavy atom. The van der Waals surface area contributed by atoms with E-state index in [-0.39, 0.29) is 10.6 Å². The summed E-state index contributed by atoms with van der Waals surface area (Å²) < 4.78 is 0. The molecule has 0 saturated heterocycles. The van der Waals surface area contributed by atoms with Crippen LogP contribution in [0.15, 0.2) is 36.4 Å². The van der Waals surface area contributed by atoms with Gasteiger partial charge in [0.1, 0.15) is 0 Å². The fraction of sp³-hybridized carbons (Fsp3) is 0.250. The Balaban J connectivity index is 2.19. The van der Waals surface area contributed by atoms with E-state index in [4.69, 9.17) is 0 Å². The summed E-state index contributed by atoms with van der Waals surface area (Å²) in [7, 11) is 0. The van der Waals surface area contributed by atoms with Gasteiger partial charge in [0.15, 0.2) is 0 Å². The van der Waals surface area contributed by atoms with Crippen molar-refractivity contribution in [2.45, 2.75) is 27.3 Å². The molecule has 0 bridgehead atoms. The molecule has 1 N–H and O–H groups in total. The second kappa shape index (κ2) is 5.74. The van der Waals surface area contributed by atoms with Crippen molar-refractivity contribution in [3.05, 3.63) is 68.8 Å². The molecule has 0 radical (unpaired) electrons. The molecular formula is C16H18N2O2. The molecule has 0 spiro atoms. The maximum absolute atomic E-state index is 10.9. The van der Waals surface area contributed by atoms with E-state index in [0.717, 1.165) is 5.69 Å². The van der Waals surface area contributed by atoms with Gasteiger partial charge in [-0.15, -0.1) is 0 Å². The number of hydrogen-bond acceptors (Lipinski definition) is 3. The van der Waals surface area contributed by atoms with E-state index in [1.165, 1.54) is 22.8 Å². The first kappa shape index (κ1) is 14.1. The standard InChI is InChI=1S/C16H18N2O2/c1-11-7-12(2)9-14(8-11)10-17-15-5-4-6-16(13(15)3)18(19)20/h4-9,17H,10H2,1-3H3. The smallest absolute Gasteiger partial charge is 0.274 e. The number of aryl methyl sites for hydroxylation is 2. The van der Waals surface area contributed by atoms with Gasteiger partial charge in [-0.2, -0.15) is 0 Å². The first-order valence-electron chi connectivity index (χ1n) is 6.52. The van der Waals surface area contributed by atoms with Gasteiger partial charge in [-0.25, -0.2) is 0 Å². The molecule has 0 unspecified atom stereocenters. The Morgan fingerprint density at radius 1 is 1.10 bits per heavy atom. The third-order valence-electron chi connectivity index (χ3n) is 3.27. The lowest BCUT2D eigenvalue weighted by atomic mass is 10.1. The number of benzene rings is 2. The van der Waals surface area contributed by atoms with Crippen LogP contribution in [0.2, 0.25) is 0 Å². The number of nitrogens with zero attached hydrogens (tertiary/aromatic N) is 1. The molecule has 0 heterocycles. The quantitative estimate of drug-likeness (QED) is 0.671. The van der Waals surface area contributed by atoms with Crippen LogP contribution in [0.1, 0.15) is 22.3 Å². The highest BCUT2D eigenvalue weighted by Crippen LogP contribution is 2.25. The zero-order valence-corrected chi connectivity index (χ0v) is 11.9. The lowest BCUT2D eigenvalue weighted by Crippen LogP contribution is -2.03. The number of anilines is 1. The molecule has 4 heteroatoms. The van der Waals surface area contributed by atoms with Crippen LogP contribution in [0.4, 0.5) is 11.4 Å². The van der Waals surface area contributed by atoms with Gasteiger partial charge in [0.2, 0.25) is 0 Å². The second-order valence-electron chi connectivity index (χ2n) is 5.06. The van der Waals surface area contributed by atoms with Gasteiger partial charge in [-0.1, -0.05) is 35.4 Å². The highest BCUT2D eigenvalue weighted by atomic mass is 16.6. The first-order chi connectivity index (χ1) is 9.47. The Kier molecular flexibility index (Phi) is 4.03. The molecular weight excluding hydrogens is 252 g/mol. The molecule has 104 valence electrons. The molecule has 0 amide bonds. The van der Waals surface area contributed by atoms with Gasteiger partial charge in [-0.05, 0) is 32.4 Å². The number of rotatable bonds is 4. The Bertz CT molecular complexity index is 631. The SMILES string of the molecule is Cc1cc(C)cc(CNc2cccc([N+](=O)[O-])c2C)c1. The van der Waals surface area contributed by atoms with Gasteiger partial charge in [0.25, 0.3) is 5.69 Å². The summed E-state index contributed by atoms with van der Waals surface area (Å²) in [5, 5.41) is 14.2. The molecule has 20 heavy (non-hydrogen) atoms. The molecule has 2 aromatic carbocycles. The van der Waals surface area contributed by atoms with E-state index in [9.17, 15) is 10.1 Å². The Morgan fingerprint density at radius 3 is 2.35 bits per heavy atom. The van der Waals surface area contributed by atoms with Gasteiger partial charge in [-0.3, -0.25) is 10.1 Å². The van der Waals surface area contributed by atoms with E-state index < -0.39 is 0 Å². The van der Waals surface area contributed by atoms with E-state index in [0.29, 0.717) is 12.1 Å². The van der Waals surface area contributed by atoms with Crippen LogP contribution < -0.4 is 5.32 Å². The number of nitro benzene ring substituents is 1. The van der Waals surface area contributed by atoms with Crippen molar-refractivity contribution in [2.24, 2.45) is 0 Å². The number of nitrogens with one attached hydrogen (secondary N) is 1. The Labute approximate surface area is 118 Å². The van der Waals surface area contributed by atoms with Crippen LogP contribution in [-0.2, 0) is 6.54 Å². The van der Waals surface area contributed by atoms with Crippen LogP contribution in [0, 0.1) is 30.9 Å². The minimum absolute atomic E-state index is 0.149. The highest BCUT2D eigenvalue weighted by molar-refractivity contribution is 5.59. The lowest BCUT2D eigenvalue weighted by molar-refractivity contribution is -0.385. The summed E-state index contributed by atoms with van der Waals surface area (Å²) in [6, 6.07) is 11.5. The van der Waals surface area contributed by atoms with Gasteiger partial charge in [0.05, 0.1) is 4.92 Å². The summed E-state index contributed by atoms with van der Waals surface area (Å²) in [5.74, 6) is 0. The van der Waals surface area contributed by atoms with E-state index >= 15 is 0 Å². The summed E-state index contributed by atoms with van der Waals surface area (Å²) in [5.41, 5.74) is 5.24. The average molecular weight is 270 g/mol. The average Bonchev–Trinajstić information content (AvgIpc) is 2.36. The largest absolute Gasteiger partial charge is 0.381 e. The third-order valence-corrected chi connectivity index (χ3v) is 3.27. The van der Waals surface area contributed by atoms with Crippen LogP contribution in [0.5, 0.6) is 0 Å². The van der Waals surface area contributed by atoms with Crippen LogP contribution >= 0.6 is 0 Å². The predicted octanol–water partition coefficient (Wildman–Crippen LogP) is 4.13. The Hall–Kier alpha value is -2.36. The van der Waals surface area contributed by atoms with Crippen molar-refractivity contribution in [1.29, 1.82) is 0 Å². The maximum Gasteiger partial charge on any atom is 0.274 e. The van der Waals surface area contributed by atoms with Gasteiger partial charge in [0, 0.05) is 23.9 Å². The molecule has 0 aromatic heterocycles. The van der Waals surface area contributed by atoms with E-state index in [2.05, 4.69) is 37.4 Å². The van der Waals surface area contributed by atoms with Crippen molar-refractivity contribution in [2.75, 3.05) is 5.32 Å². The van der Waals surface area contributed by atoms with Gasteiger partial charge < -0.3 is 5.32 Å². The predicted molar refractivity (Wildman–Crippen MR) is 81.1 cm³/mol. The van der Waals surface area contributed by atoms with Crippen molar-refractivity contribution >= 4 is 11.4 Å². The molecule has 0 aliphatic carbocycles. The van der Waals surface area contributed by atoms with Gasteiger partial charge >= 0.3 is 0 Å². The fourth-order valence-corrected chi connectivity index (χ4v) is 2.38. The molecule has 0 aliphatic rings. The van der Waals surface area contributed by atoms with Crippen LogP contribution in [0.25, 0.3) is 0 Å². The highest BCUT2D eigenvalue weighted by Gasteiger charge is 2.12. The second-order valence-corrected chi connectivity index (χ2v) is 5.06. The monoisotopic (exact) mass is 270 g/mol. The maximum atomic E-state index is 10.9. The zero-order valence-electron chi connectivity index (χ0n) is 11.9. The molecule has 0 fully saturated rings. The van der Waals surface area contributed by atoms with Crippen molar-refractivity contribution in [3.63, 3.8) is 0 Å². The summed E-state index contributed by atoms with van der Waals surface area (Å²) in [4.78, 5) is 10.6. The summed E-state index contributed by atoms with van der Waals surface area (Å²) >= 11 is 0. The molecule has 2 rings (SSSR count). The molecule has 0 aliphatic heterocycles. The van der Waals surface area contributed by atoms with Crippen LogP contribution in [-0.4, -0.2) is 4.92 Å². The molecule has 2 aromatic rings. The van der Waals surface area contributed by atoms with E-state index in [1.54, 1.807) is 13.0 Å². The third kappa shape index (κ3) is 3.15. The fourth-order valence-electron chi connectivity index (χ4n) is 2.38. The first-order valence-corrected chi connectivity index (χ1v) is 6.52. The summed E-state index contributed by atoms with van der Waals surface area (Å²) in [6.07, 6.45) is 0. The number of nitro groups is 1. The van der Waals surface area contributed by atoms with Crippen molar-refractivity contribution < 1.29 is 4.92 Å².